The van der Waals surface area contributed by atoms with Crippen molar-refractivity contribution in [2.24, 2.45) is 0 Å². The molecule has 0 amide bonds. The first-order valence-corrected chi connectivity index (χ1v) is 4.76. The summed E-state index contributed by atoms with van der Waals surface area (Å²) < 4.78 is 25.7. The predicted octanol–water partition coefficient (Wildman–Crippen LogP) is -0.558. The summed E-state index contributed by atoms with van der Waals surface area (Å²) in [6, 6.07) is 0. The van der Waals surface area contributed by atoms with Gasteiger partial charge in [-0.2, -0.15) is 0 Å². The third-order valence-corrected chi connectivity index (χ3v) is 2.05. The highest BCUT2D eigenvalue weighted by molar-refractivity contribution is 8.06. The molecule has 0 aliphatic heterocycles. The molecule has 0 bridgehead atoms. The molecule has 6 nitrogen and oxygen atoms in total. The largest absolute Gasteiger partial charge is 0.367 e. The Morgan fingerprint density at radius 1 is 1.67 bits per heavy atom. The van der Waals surface area contributed by atoms with Crippen molar-refractivity contribution in [3.05, 3.63) is 11.8 Å². The number of hydrogen-bond acceptors (Lipinski definition) is 6. The van der Waals surface area contributed by atoms with E-state index in [1.807, 2.05) is 0 Å². The van der Waals surface area contributed by atoms with Gasteiger partial charge in [0.05, 0.1) is 6.20 Å². The highest BCUT2D eigenvalue weighted by atomic mass is 32.2. The van der Waals surface area contributed by atoms with Crippen LogP contribution >= 0.6 is 0 Å². The third-order valence-electron chi connectivity index (χ3n) is 1.15. The maximum atomic E-state index is 11.0. The molecule has 1 rings (SSSR count). The molecule has 0 unspecified atom stereocenters. The normalized spacial score (nSPS) is 11.4. The summed E-state index contributed by atoms with van der Waals surface area (Å²) in [7, 11) is -3.77. The van der Waals surface area contributed by atoms with Crippen LogP contribution in [0.1, 0.15) is 10.4 Å². The molecule has 66 valence electrons. The van der Waals surface area contributed by atoms with E-state index in [0.29, 0.717) is 0 Å². The van der Waals surface area contributed by atoms with Crippen molar-refractivity contribution >= 4 is 20.8 Å². The SMILES string of the molecule is CS(=O)(=O)C(=O)c1cnoc1N. The van der Waals surface area contributed by atoms with E-state index in [9.17, 15) is 13.2 Å². The maximum Gasteiger partial charge on any atom is 0.283 e. The van der Waals surface area contributed by atoms with Gasteiger partial charge in [-0.3, -0.25) is 4.79 Å². The van der Waals surface area contributed by atoms with Gasteiger partial charge in [0.25, 0.3) is 5.12 Å². The van der Waals surface area contributed by atoms with Crippen molar-refractivity contribution in [2.45, 2.75) is 0 Å². The van der Waals surface area contributed by atoms with Crippen LogP contribution in [0.2, 0.25) is 0 Å². The lowest BCUT2D eigenvalue weighted by atomic mass is 10.4. The molecule has 1 heterocycles. The number of carbonyl (C=O) groups excluding carboxylic acids is 1. The molecular weight excluding hydrogens is 184 g/mol. The topological polar surface area (TPSA) is 103 Å². The van der Waals surface area contributed by atoms with Crippen molar-refractivity contribution in [1.29, 1.82) is 0 Å². The van der Waals surface area contributed by atoms with Crippen molar-refractivity contribution in [1.82, 2.24) is 5.16 Å². The van der Waals surface area contributed by atoms with Crippen LogP contribution in [-0.2, 0) is 9.84 Å². The van der Waals surface area contributed by atoms with Gasteiger partial charge in [-0.25, -0.2) is 8.42 Å². The second kappa shape index (κ2) is 2.59. The number of rotatable bonds is 1. The number of aromatic nitrogens is 1. The second-order valence-electron chi connectivity index (χ2n) is 2.16. The minimum atomic E-state index is -3.77. The highest BCUT2D eigenvalue weighted by Gasteiger charge is 2.23. The lowest BCUT2D eigenvalue weighted by Crippen LogP contribution is -2.13. The number of nitrogens with two attached hydrogens (primary N) is 1. The molecule has 0 radical (unpaired) electrons. The summed E-state index contributed by atoms with van der Waals surface area (Å²) in [4.78, 5) is 11.0. The molecule has 0 spiro atoms. The summed E-state index contributed by atoms with van der Waals surface area (Å²) >= 11 is 0. The Kier molecular flexibility index (Phi) is 1.89. The van der Waals surface area contributed by atoms with Crippen LogP contribution in [0.25, 0.3) is 0 Å². The Bertz CT molecular complexity index is 405. The number of anilines is 1. The Balaban J connectivity index is 3.19. The van der Waals surface area contributed by atoms with Crippen LogP contribution in [0.5, 0.6) is 0 Å². The van der Waals surface area contributed by atoms with E-state index in [0.717, 1.165) is 12.5 Å². The second-order valence-corrected chi connectivity index (χ2v) is 4.08. The van der Waals surface area contributed by atoms with Crippen LogP contribution in [0.4, 0.5) is 5.88 Å². The fraction of sp³-hybridized carbons (Fsp3) is 0.200. The molecule has 2 N–H and O–H groups in total. The smallest absolute Gasteiger partial charge is 0.283 e. The average Bonchev–Trinajstić information content (AvgIpc) is 2.31. The van der Waals surface area contributed by atoms with Gasteiger partial charge in [0.15, 0.2) is 0 Å². The van der Waals surface area contributed by atoms with Crippen LogP contribution < -0.4 is 5.73 Å². The molecule has 0 aliphatic rings. The Morgan fingerprint density at radius 3 is 2.58 bits per heavy atom. The zero-order valence-electron chi connectivity index (χ0n) is 6.14. The molecule has 12 heavy (non-hydrogen) atoms. The lowest BCUT2D eigenvalue weighted by molar-refractivity contribution is 0.107. The molecule has 0 saturated heterocycles. The summed E-state index contributed by atoms with van der Waals surface area (Å²) in [5.74, 6) is -0.287. The maximum absolute atomic E-state index is 11.0. The third kappa shape index (κ3) is 1.45. The fourth-order valence-electron chi connectivity index (χ4n) is 0.602. The van der Waals surface area contributed by atoms with Crippen molar-refractivity contribution < 1.29 is 17.7 Å². The molecule has 0 aromatic carbocycles. The van der Waals surface area contributed by atoms with Gasteiger partial charge in [0, 0.05) is 6.26 Å². The Hall–Kier alpha value is -1.37. The lowest BCUT2D eigenvalue weighted by Gasteiger charge is -1.91. The first-order valence-electron chi connectivity index (χ1n) is 2.87. The molecule has 0 atom stereocenters. The van der Waals surface area contributed by atoms with Gasteiger partial charge in [-0.15, -0.1) is 0 Å². The number of sulfone groups is 1. The minimum Gasteiger partial charge on any atom is -0.367 e. The van der Waals surface area contributed by atoms with E-state index in [4.69, 9.17) is 5.73 Å². The van der Waals surface area contributed by atoms with Crippen molar-refractivity contribution in [3.8, 4) is 0 Å². The quantitative estimate of drug-likeness (QED) is 0.636. The average molecular weight is 190 g/mol. The summed E-state index contributed by atoms with van der Waals surface area (Å²) in [5.41, 5.74) is 4.90. The predicted molar refractivity (Wildman–Crippen MR) is 40.1 cm³/mol. The molecular formula is C5H6N2O4S. The highest BCUT2D eigenvalue weighted by Crippen LogP contribution is 2.12. The Labute approximate surface area is 68.3 Å². The van der Waals surface area contributed by atoms with Crippen LogP contribution in [0.15, 0.2) is 10.7 Å². The molecule has 1 aromatic heterocycles. The van der Waals surface area contributed by atoms with Crippen LogP contribution in [-0.4, -0.2) is 24.9 Å². The van der Waals surface area contributed by atoms with Gasteiger partial charge in [-0.05, 0) is 0 Å². The van der Waals surface area contributed by atoms with Gasteiger partial charge < -0.3 is 10.3 Å². The van der Waals surface area contributed by atoms with Crippen molar-refractivity contribution in [2.75, 3.05) is 12.0 Å². The fourth-order valence-corrected chi connectivity index (χ4v) is 1.15. The van der Waals surface area contributed by atoms with Crippen LogP contribution in [0, 0.1) is 0 Å². The molecule has 0 aliphatic carbocycles. The molecule has 1 aromatic rings. The number of nitrogen functional groups attached to an aromatic ring is 1. The molecule has 0 fully saturated rings. The zero-order valence-corrected chi connectivity index (χ0v) is 6.96. The number of nitrogens with zero attached hydrogens (tertiary/aromatic N) is 1. The summed E-state index contributed by atoms with van der Waals surface area (Å²) in [6.07, 6.45) is 1.76. The van der Waals surface area contributed by atoms with Gasteiger partial charge >= 0.3 is 0 Å². The summed E-state index contributed by atoms with van der Waals surface area (Å²) in [5, 5.41) is 2.09. The van der Waals surface area contributed by atoms with Gasteiger partial charge in [-0.1, -0.05) is 5.16 Å². The molecule has 7 heteroatoms. The van der Waals surface area contributed by atoms with Gasteiger partial charge in [0.2, 0.25) is 15.7 Å². The number of hydrogen-bond donors (Lipinski definition) is 1. The van der Waals surface area contributed by atoms with Crippen molar-refractivity contribution in [3.63, 3.8) is 0 Å². The van der Waals surface area contributed by atoms with E-state index in [1.165, 1.54) is 0 Å². The van der Waals surface area contributed by atoms with E-state index in [1.54, 1.807) is 0 Å². The Morgan fingerprint density at radius 2 is 2.25 bits per heavy atom. The van der Waals surface area contributed by atoms with Gasteiger partial charge in [0.1, 0.15) is 5.56 Å². The first-order chi connectivity index (χ1) is 5.43. The zero-order chi connectivity index (χ0) is 9.35. The van der Waals surface area contributed by atoms with E-state index in [2.05, 4.69) is 9.68 Å². The van der Waals surface area contributed by atoms with Crippen LogP contribution in [0.3, 0.4) is 0 Å². The number of carbonyl (C=O) groups is 1. The first kappa shape index (κ1) is 8.72. The monoisotopic (exact) mass is 190 g/mol. The minimum absolute atomic E-state index is 0.225. The van der Waals surface area contributed by atoms with E-state index >= 15 is 0 Å². The van der Waals surface area contributed by atoms with E-state index in [-0.39, 0.29) is 11.4 Å². The summed E-state index contributed by atoms with van der Waals surface area (Å²) in [6.45, 7) is 0. The molecule has 0 saturated carbocycles. The van der Waals surface area contributed by atoms with E-state index < -0.39 is 15.0 Å². The standard InChI is InChI=1S/C5H6N2O4S/c1-12(9,10)5(8)3-2-7-11-4(3)6/h2H,6H2,1H3.